The number of hydrogen-bond donors (Lipinski definition) is 5. The first kappa shape index (κ1) is 14.3. The first-order valence-corrected chi connectivity index (χ1v) is 6.81. The lowest BCUT2D eigenvalue weighted by Crippen LogP contribution is -2.55. The summed E-state index contributed by atoms with van der Waals surface area (Å²) in [7, 11) is 0. The number of nitrogens with zero attached hydrogens (tertiary/aromatic N) is 1. The number of thioether (sulfide) groups is 1. The molecule has 0 spiro atoms. The molecule has 9 heteroatoms. The Labute approximate surface area is 112 Å². The van der Waals surface area contributed by atoms with Crippen molar-refractivity contribution >= 4 is 17.6 Å². The number of aromatic amines is 1. The van der Waals surface area contributed by atoms with Gasteiger partial charge in [0.2, 0.25) is 0 Å². The van der Waals surface area contributed by atoms with Crippen LogP contribution in [-0.2, 0) is 4.74 Å². The van der Waals surface area contributed by atoms with E-state index >= 15 is 0 Å². The van der Waals surface area contributed by atoms with Crippen LogP contribution < -0.4 is 10.9 Å². The number of hydrogen-bond acceptors (Lipinski definition) is 8. The van der Waals surface area contributed by atoms with Crippen molar-refractivity contribution < 1.29 is 20.1 Å². The SMILES string of the molecule is CSc1nc(N[C@@H]2OC[C@@H](O)[C@H](O)[C@H]2O)cc(=O)[nH]1. The minimum Gasteiger partial charge on any atom is -0.388 e. The molecule has 1 fully saturated rings. The van der Waals surface area contributed by atoms with Crippen molar-refractivity contribution in [3.63, 3.8) is 0 Å². The molecule has 0 amide bonds. The van der Waals surface area contributed by atoms with E-state index in [9.17, 15) is 20.1 Å². The maximum Gasteiger partial charge on any atom is 0.253 e. The number of ether oxygens (including phenoxy) is 1. The monoisotopic (exact) mass is 289 g/mol. The molecule has 2 rings (SSSR count). The number of aliphatic hydroxyl groups is 3. The molecule has 0 radical (unpaired) electrons. The molecule has 0 unspecified atom stereocenters. The normalized spacial score (nSPS) is 31.2. The lowest BCUT2D eigenvalue weighted by atomic mass is 10.0. The van der Waals surface area contributed by atoms with Gasteiger partial charge in [-0.2, -0.15) is 0 Å². The average molecular weight is 289 g/mol. The molecule has 0 aromatic carbocycles. The Kier molecular flexibility index (Phi) is 4.42. The van der Waals surface area contributed by atoms with Crippen molar-refractivity contribution in [2.75, 3.05) is 18.2 Å². The van der Waals surface area contributed by atoms with Gasteiger partial charge in [0.25, 0.3) is 5.56 Å². The van der Waals surface area contributed by atoms with Crippen LogP contribution in [0.5, 0.6) is 0 Å². The molecular formula is C10H15N3O5S. The molecule has 1 aliphatic rings. The van der Waals surface area contributed by atoms with Crippen LogP contribution in [0.15, 0.2) is 16.0 Å². The highest BCUT2D eigenvalue weighted by Gasteiger charge is 2.37. The van der Waals surface area contributed by atoms with Crippen LogP contribution in [-0.4, -0.2) is 62.7 Å². The second kappa shape index (κ2) is 5.88. The molecule has 2 heterocycles. The summed E-state index contributed by atoms with van der Waals surface area (Å²) in [6.45, 7) is -0.117. The lowest BCUT2D eigenvalue weighted by Gasteiger charge is -2.35. The molecule has 1 aromatic heterocycles. The van der Waals surface area contributed by atoms with Crippen LogP contribution in [0.3, 0.4) is 0 Å². The van der Waals surface area contributed by atoms with Crippen LogP contribution in [0, 0.1) is 0 Å². The molecule has 4 atom stereocenters. The first-order chi connectivity index (χ1) is 9.01. The summed E-state index contributed by atoms with van der Waals surface area (Å²) in [4.78, 5) is 18.0. The van der Waals surface area contributed by atoms with Gasteiger partial charge in [0, 0.05) is 6.07 Å². The quantitative estimate of drug-likeness (QED) is 0.330. The Morgan fingerprint density at radius 2 is 2.21 bits per heavy atom. The third-order valence-corrected chi connectivity index (χ3v) is 3.28. The van der Waals surface area contributed by atoms with Crippen LogP contribution in [0.2, 0.25) is 0 Å². The van der Waals surface area contributed by atoms with E-state index in [2.05, 4.69) is 15.3 Å². The van der Waals surface area contributed by atoms with Crippen molar-refractivity contribution in [1.29, 1.82) is 0 Å². The van der Waals surface area contributed by atoms with Gasteiger partial charge in [-0.1, -0.05) is 11.8 Å². The predicted molar refractivity (Wildman–Crippen MR) is 68.0 cm³/mol. The largest absolute Gasteiger partial charge is 0.388 e. The zero-order valence-corrected chi connectivity index (χ0v) is 10.9. The van der Waals surface area contributed by atoms with Gasteiger partial charge in [-0.25, -0.2) is 4.98 Å². The molecule has 1 aliphatic heterocycles. The molecule has 1 saturated heterocycles. The standard InChI is InChI=1S/C10H15N3O5S/c1-19-10-12-5(2-6(15)13-10)11-9-8(17)7(16)4(14)3-18-9/h2,4,7-9,14,16-17H,3H2,1H3,(H2,11,12,13,15)/t4-,7+,8-,9-/m1/s1. The summed E-state index contributed by atoms with van der Waals surface area (Å²) in [5, 5.41) is 31.7. The van der Waals surface area contributed by atoms with Crippen molar-refractivity contribution in [2.45, 2.75) is 29.7 Å². The summed E-state index contributed by atoms with van der Waals surface area (Å²) in [6, 6.07) is 1.22. The summed E-state index contributed by atoms with van der Waals surface area (Å²) in [6.07, 6.45) is -2.95. The Hall–Kier alpha value is -1.13. The highest BCUT2D eigenvalue weighted by Crippen LogP contribution is 2.17. The van der Waals surface area contributed by atoms with Crippen molar-refractivity contribution in [1.82, 2.24) is 9.97 Å². The number of H-pyrrole nitrogens is 1. The van der Waals surface area contributed by atoms with Crippen LogP contribution >= 0.6 is 11.8 Å². The Bertz CT molecular complexity index is 496. The Morgan fingerprint density at radius 1 is 1.47 bits per heavy atom. The van der Waals surface area contributed by atoms with E-state index in [1.54, 1.807) is 6.26 Å². The summed E-state index contributed by atoms with van der Waals surface area (Å²) >= 11 is 1.26. The summed E-state index contributed by atoms with van der Waals surface area (Å²) in [5.74, 6) is 0.223. The van der Waals surface area contributed by atoms with Gasteiger partial charge in [0.05, 0.1) is 6.61 Å². The van der Waals surface area contributed by atoms with E-state index in [1.165, 1.54) is 17.8 Å². The zero-order valence-electron chi connectivity index (χ0n) is 10.1. The molecular weight excluding hydrogens is 274 g/mol. The average Bonchev–Trinajstić information content (AvgIpc) is 2.39. The van der Waals surface area contributed by atoms with E-state index in [0.717, 1.165) is 0 Å². The molecule has 0 aliphatic carbocycles. The number of aliphatic hydroxyl groups excluding tert-OH is 3. The van der Waals surface area contributed by atoms with Gasteiger partial charge in [-0.05, 0) is 6.26 Å². The topological polar surface area (TPSA) is 128 Å². The van der Waals surface area contributed by atoms with Crippen molar-refractivity contribution in [2.24, 2.45) is 0 Å². The molecule has 5 N–H and O–H groups in total. The first-order valence-electron chi connectivity index (χ1n) is 5.59. The minimum absolute atomic E-state index is 0.117. The fraction of sp³-hybridized carbons (Fsp3) is 0.600. The zero-order chi connectivity index (χ0) is 14.0. The third kappa shape index (κ3) is 3.25. The van der Waals surface area contributed by atoms with Gasteiger partial charge in [0.15, 0.2) is 11.4 Å². The predicted octanol–water partition coefficient (Wildman–Crippen LogP) is -1.66. The van der Waals surface area contributed by atoms with Crippen LogP contribution in [0.25, 0.3) is 0 Å². The minimum atomic E-state index is -1.32. The second-order valence-corrected chi connectivity index (χ2v) is 4.88. The van der Waals surface area contributed by atoms with Gasteiger partial charge >= 0.3 is 0 Å². The molecule has 1 aromatic rings. The molecule has 106 valence electrons. The highest BCUT2D eigenvalue weighted by atomic mass is 32.2. The van der Waals surface area contributed by atoms with E-state index in [1.807, 2.05) is 0 Å². The van der Waals surface area contributed by atoms with E-state index < -0.39 is 24.5 Å². The molecule has 8 nitrogen and oxygen atoms in total. The molecule has 0 bridgehead atoms. The number of anilines is 1. The second-order valence-electron chi connectivity index (χ2n) is 4.09. The number of rotatable bonds is 3. The van der Waals surface area contributed by atoms with E-state index in [0.29, 0.717) is 5.16 Å². The Morgan fingerprint density at radius 3 is 2.89 bits per heavy atom. The fourth-order valence-corrected chi connectivity index (χ4v) is 2.08. The van der Waals surface area contributed by atoms with E-state index in [4.69, 9.17) is 4.74 Å². The van der Waals surface area contributed by atoms with Crippen LogP contribution in [0.1, 0.15) is 0 Å². The van der Waals surface area contributed by atoms with Crippen molar-refractivity contribution in [3.8, 4) is 0 Å². The summed E-state index contributed by atoms with van der Waals surface area (Å²) in [5.41, 5.74) is -0.340. The molecule has 0 saturated carbocycles. The van der Waals surface area contributed by atoms with Gasteiger partial charge in [-0.15, -0.1) is 0 Å². The van der Waals surface area contributed by atoms with Gasteiger partial charge in [-0.3, -0.25) is 4.79 Å². The fourth-order valence-electron chi connectivity index (χ4n) is 1.68. The van der Waals surface area contributed by atoms with E-state index in [-0.39, 0.29) is 18.0 Å². The molecule has 19 heavy (non-hydrogen) atoms. The lowest BCUT2D eigenvalue weighted by molar-refractivity contribution is -0.178. The highest BCUT2D eigenvalue weighted by molar-refractivity contribution is 7.98. The summed E-state index contributed by atoms with van der Waals surface area (Å²) < 4.78 is 5.16. The number of aromatic nitrogens is 2. The van der Waals surface area contributed by atoms with Gasteiger partial charge in [0.1, 0.15) is 24.1 Å². The van der Waals surface area contributed by atoms with Gasteiger partial charge < -0.3 is 30.4 Å². The Balaban J connectivity index is 2.13. The maximum absolute atomic E-state index is 11.4. The van der Waals surface area contributed by atoms with Crippen molar-refractivity contribution in [3.05, 3.63) is 16.4 Å². The van der Waals surface area contributed by atoms with Crippen LogP contribution in [0.4, 0.5) is 5.82 Å². The third-order valence-electron chi connectivity index (χ3n) is 2.70. The maximum atomic E-state index is 11.4. The smallest absolute Gasteiger partial charge is 0.253 e. The number of nitrogens with one attached hydrogen (secondary N) is 2.